The van der Waals surface area contributed by atoms with Crippen molar-refractivity contribution < 1.29 is 0 Å². The first-order valence-corrected chi connectivity index (χ1v) is 7.28. The van der Waals surface area contributed by atoms with Crippen LogP contribution in [0.4, 0.5) is 0 Å². The fraction of sp³-hybridized carbons (Fsp3) is 0.312. The topological polar surface area (TPSA) is 86.5 Å². The van der Waals surface area contributed by atoms with Gasteiger partial charge in [0.05, 0.1) is 6.04 Å². The van der Waals surface area contributed by atoms with Gasteiger partial charge in [-0.05, 0) is 32.9 Å². The summed E-state index contributed by atoms with van der Waals surface area (Å²) in [5, 5.41) is 11.0. The highest BCUT2D eigenvalue weighted by atomic mass is 16.1. The SMILES string of the molecule is Cc1ccc2[nH]c(CN[C@H](C)c3n[nH]c(C)n3)cc(=O)c2c1. The molecule has 0 fully saturated rings. The number of aromatic amines is 2. The number of aromatic nitrogens is 4. The molecule has 0 unspecified atom stereocenters. The van der Waals surface area contributed by atoms with E-state index < -0.39 is 0 Å². The van der Waals surface area contributed by atoms with Gasteiger partial charge in [-0.2, -0.15) is 5.10 Å². The lowest BCUT2D eigenvalue weighted by molar-refractivity contribution is 0.542. The van der Waals surface area contributed by atoms with Crippen LogP contribution in [0.15, 0.2) is 29.1 Å². The maximum Gasteiger partial charge on any atom is 0.189 e. The van der Waals surface area contributed by atoms with Gasteiger partial charge in [0.2, 0.25) is 0 Å². The number of pyridine rings is 1. The standard InChI is InChI=1S/C16H19N5O/c1-9-4-5-14-13(6-9)15(22)7-12(19-14)8-17-10(2)16-18-11(3)20-21-16/h4-7,10,17H,8H2,1-3H3,(H,19,22)(H,18,20,21)/t10-/m1/s1. The lowest BCUT2D eigenvalue weighted by Gasteiger charge is -2.11. The molecule has 0 saturated heterocycles. The molecule has 1 atom stereocenters. The molecule has 0 amide bonds. The number of hydrogen-bond donors (Lipinski definition) is 3. The smallest absolute Gasteiger partial charge is 0.189 e. The molecule has 0 radical (unpaired) electrons. The maximum atomic E-state index is 12.2. The van der Waals surface area contributed by atoms with Crippen molar-refractivity contribution in [1.82, 2.24) is 25.5 Å². The van der Waals surface area contributed by atoms with Gasteiger partial charge in [0.25, 0.3) is 0 Å². The molecule has 0 saturated carbocycles. The van der Waals surface area contributed by atoms with Crippen LogP contribution in [0.25, 0.3) is 10.9 Å². The van der Waals surface area contributed by atoms with Crippen LogP contribution in [0, 0.1) is 13.8 Å². The summed E-state index contributed by atoms with van der Waals surface area (Å²) in [5.74, 6) is 1.51. The zero-order chi connectivity index (χ0) is 15.7. The summed E-state index contributed by atoms with van der Waals surface area (Å²) in [7, 11) is 0. The van der Waals surface area contributed by atoms with Crippen LogP contribution in [0.2, 0.25) is 0 Å². The van der Waals surface area contributed by atoms with Crippen LogP contribution < -0.4 is 10.7 Å². The van der Waals surface area contributed by atoms with Gasteiger partial charge in [0, 0.05) is 29.2 Å². The third kappa shape index (κ3) is 2.92. The molecule has 0 spiro atoms. The van der Waals surface area contributed by atoms with E-state index in [-0.39, 0.29) is 11.5 Å². The van der Waals surface area contributed by atoms with Crippen LogP contribution in [0.1, 0.15) is 35.9 Å². The second-order valence-electron chi connectivity index (χ2n) is 5.59. The predicted octanol–water partition coefficient (Wildman–Crippen LogP) is 2.11. The van der Waals surface area contributed by atoms with Crippen molar-refractivity contribution in [2.45, 2.75) is 33.4 Å². The van der Waals surface area contributed by atoms with Gasteiger partial charge in [0.1, 0.15) is 5.82 Å². The second kappa shape index (κ2) is 5.73. The number of benzene rings is 1. The van der Waals surface area contributed by atoms with Gasteiger partial charge in [-0.25, -0.2) is 4.98 Å². The summed E-state index contributed by atoms with van der Waals surface area (Å²) < 4.78 is 0. The Morgan fingerprint density at radius 2 is 2.09 bits per heavy atom. The lowest BCUT2D eigenvalue weighted by atomic mass is 10.1. The fourth-order valence-electron chi connectivity index (χ4n) is 2.42. The Hall–Kier alpha value is -2.47. The summed E-state index contributed by atoms with van der Waals surface area (Å²) in [4.78, 5) is 19.8. The molecule has 114 valence electrons. The Morgan fingerprint density at radius 3 is 2.82 bits per heavy atom. The maximum absolute atomic E-state index is 12.2. The summed E-state index contributed by atoms with van der Waals surface area (Å²) in [5.41, 5.74) is 2.82. The molecule has 0 aliphatic rings. The Kier molecular flexibility index (Phi) is 3.77. The number of H-pyrrole nitrogens is 2. The molecule has 22 heavy (non-hydrogen) atoms. The molecule has 0 bridgehead atoms. The molecule has 0 aliphatic carbocycles. The molecule has 1 aromatic carbocycles. The number of rotatable bonds is 4. The highest BCUT2D eigenvalue weighted by molar-refractivity contribution is 5.79. The van der Waals surface area contributed by atoms with Crippen LogP contribution in [0.5, 0.6) is 0 Å². The third-order valence-corrected chi connectivity index (χ3v) is 3.64. The average Bonchev–Trinajstić information content (AvgIpc) is 2.92. The van der Waals surface area contributed by atoms with Crippen molar-refractivity contribution in [2.75, 3.05) is 0 Å². The van der Waals surface area contributed by atoms with Gasteiger partial charge in [-0.15, -0.1) is 0 Å². The van der Waals surface area contributed by atoms with Crippen molar-refractivity contribution >= 4 is 10.9 Å². The Labute approximate surface area is 128 Å². The average molecular weight is 297 g/mol. The fourth-order valence-corrected chi connectivity index (χ4v) is 2.42. The highest BCUT2D eigenvalue weighted by Crippen LogP contribution is 2.12. The number of nitrogens with zero attached hydrogens (tertiary/aromatic N) is 2. The number of aryl methyl sites for hydroxylation is 2. The Morgan fingerprint density at radius 1 is 1.27 bits per heavy atom. The Bertz CT molecular complexity index is 864. The predicted molar refractivity (Wildman–Crippen MR) is 85.7 cm³/mol. The van der Waals surface area contributed by atoms with Gasteiger partial charge in [0.15, 0.2) is 11.3 Å². The molecule has 3 aromatic rings. The van der Waals surface area contributed by atoms with E-state index in [4.69, 9.17) is 0 Å². The molecule has 3 rings (SSSR count). The van der Waals surface area contributed by atoms with Crippen LogP contribution in [-0.2, 0) is 6.54 Å². The normalized spacial score (nSPS) is 12.7. The van der Waals surface area contributed by atoms with Gasteiger partial charge >= 0.3 is 0 Å². The number of hydrogen-bond acceptors (Lipinski definition) is 4. The van der Waals surface area contributed by atoms with Gasteiger partial charge in [-0.1, -0.05) is 11.6 Å². The van der Waals surface area contributed by atoms with Gasteiger partial charge < -0.3 is 10.3 Å². The van der Waals surface area contributed by atoms with Crippen molar-refractivity contribution in [3.8, 4) is 0 Å². The van der Waals surface area contributed by atoms with Crippen LogP contribution in [-0.4, -0.2) is 20.2 Å². The van der Waals surface area contributed by atoms with E-state index in [1.165, 1.54) is 0 Å². The minimum absolute atomic E-state index is 0.00201. The third-order valence-electron chi connectivity index (χ3n) is 3.64. The van der Waals surface area contributed by atoms with Crippen LogP contribution >= 0.6 is 0 Å². The highest BCUT2D eigenvalue weighted by Gasteiger charge is 2.10. The van der Waals surface area contributed by atoms with E-state index >= 15 is 0 Å². The summed E-state index contributed by atoms with van der Waals surface area (Å²) in [6.07, 6.45) is 0. The molecular weight excluding hydrogens is 278 g/mol. The molecule has 2 heterocycles. The second-order valence-corrected chi connectivity index (χ2v) is 5.59. The minimum atomic E-state index is 0.00201. The minimum Gasteiger partial charge on any atom is -0.357 e. The van der Waals surface area contributed by atoms with E-state index in [0.29, 0.717) is 6.54 Å². The zero-order valence-electron chi connectivity index (χ0n) is 12.9. The van der Waals surface area contributed by atoms with E-state index in [2.05, 4.69) is 25.5 Å². The summed E-state index contributed by atoms with van der Waals surface area (Å²) in [6.45, 7) is 6.39. The molecular formula is C16H19N5O. The van der Waals surface area contributed by atoms with Crippen molar-refractivity contribution in [1.29, 1.82) is 0 Å². The number of fused-ring (bicyclic) bond motifs is 1. The van der Waals surface area contributed by atoms with Crippen molar-refractivity contribution in [3.63, 3.8) is 0 Å². The van der Waals surface area contributed by atoms with E-state index in [9.17, 15) is 4.79 Å². The molecule has 0 aliphatic heterocycles. The first-order valence-electron chi connectivity index (χ1n) is 7.28. The first-order chi connectivity index (χ1) is 10.5. The first kappa shape index (κ1) is 14.5. The molecule has 6 heteroatoms. The number of nitrogens with one attached hydrogen (secondary N) is 3. The van der Waals surface area contributed by atoms with E-state index in [1.807, 2.05) is 39.0 Å². The Balaban J connectivity index is 1.79. The zero-order valence-corrected chi connectivity index (χ0v) is 12.9. The van der Waals surface area contributed by atoms with E-state index in [0.717, 1.165) is 33.8 Å². The van der Waals surface area contributed by atoms with Crippen molar-refractivity contribution in [2.24, 2.45) is 0 Å². The largest absolute Gasteiger partial charge is 0.357 e. The van der Waals surface area contributed by atoms with Gasteiger partial charge in [-0.3, -0.25) is 9.89 Å². The molecule has 2 aromatic heterocycles. The lowest BCUT2D eigenvalue weighted by Crippen LogP contribution is -2.21. The van der Waals surface area contributed by atoms with Crippen molar-refractivity contribution in [3.05, 3.63) is 57.4 Å². The summed E-state index contributed by atoms with van der Waals surface area (Å²) in [6, 6.07) is 7.49. The molecule has 3 N–H and O–H groups in total. The molecule has 6 nitrogen and oxygen atoms in total. The van der Waals surface area contributed by atoms with E-state index in [1.54, 1.807) is 6.07 Å². The quantitative estimate of drug-likeness (QED) is 0.688. The monoisotopic (exact) mass is 297 g/mol. The van der Waals surface area contributed by atoms with Crippen LogP contribution in [0.3, 0.4) is 0 Å². The summed E-state index contributed by atoms with van der Waals surface area (Å²) >= 11 is 0.